The molecule has 0 amide bonds. The largest absolute Gasteiger partial charge is 0.598 e. The maximum atomic E-state index is 12.2. The zero-order valence-electron chi connectivity index (χ0n) is 11.8. The molecule has 0 bridgehead atoms. The molecule has 0 saturated heterocycles. The van der Waals surface area contributed by atoms with Gasteiger partial charge in [-0.05, 0) is 40.0 Å². The van der Waals surface area contributed by atoms with Crippen molar-refractivity contribution in [3.63, 3.8) is 0 Å². The summed E-state index contributed by atoms with van der Waals surface area (Å²) in [5.74, 6) is -0.876. The van der Waals surface area contributed by atoms with E-state index >= 15 is 0 Å². The molecule has 4 nitrogen and oxygen atoms in total. The first-order chi connectivity index (χ1) is 8.17. The maximum absolute atomic E-state index is 12.2. The molecular weight excluding hydrogens is 250 g/mol. The van der Waals surface area contributed by atoms with E-state index in [1.165, 1.54) is 0 Å². The summed E-state index contributed by atoms with van der Waals surface area (Å²) < 4.78 is 14.8. The minimum atomic E-state index is -1.27. The van der Waals surface area contributed by atoms with Crippen LogP contribution < -0.4 is 4.72 Å². The maximum Gasteiger partial charge on any atom is 0.305 e. The van der Waals surface area contributed by atoms with Gasteiger partial charge in [0.05, 0.1) is 12.0 Å². The highest BCUT2D eigenvalue weighted by molar-refractivity contribution is 7.90. The van der Waals surface area contributed by atoms with Crippen molar-refractivity contribution in [2.75, 3.05) is 0 Å². The van der Waals surface area contributed by atoms with E-state index in [0.717, 1.165) is 0 Å². The van der Waals surface area contributed by atoms with Gasteiger partial charge in [-0.25, -0.2) is 0 Å². The predicted molar refractivity (Wildman–Crippen MR) is 75.7 cm³/mol. The lowest BCUT2D eigenvalue weighted by molar-refractivity contribution is -0.138. The van der Waals surface area contributed by atoms with Crippen LogP contribution in [0.5, 0.6) is 0 Å². The molecule has 0 aliphatic rings. The van der Waals surface area contributed by atoms with E-state index in [4.69, 9.17) is 5.11 Å². The number of nitrogens with one attached hydrogen (secondary N) is 1. The van der Waals surface area contributed by atoms with Crippen molar-refractivity contribution in [1.29, 1.82) is 0 Å². The fourth-order valence-corrected chi connectivity index (χ4v) is 2.59. The SMILES string of the molecule is C=CCC[C@](CC)(CC(=O)O)N[S@+]([O-])C(C)(C)C. The molecule has 0 rings (SSSR count). The van der Waals surface area contributed by atoms with Gasteiger partial charge in [-0.15, -0.1) is 11.3 Å². The molecule has 0 aliphatic carbocycles. The van der Waals surface area contributed by atoms with Gasteiger partial charge in [0, 0.05) is 11.4 Å². The second-order valence-corrected chi connectivity index (χ2v) is 7.48. The molecule has 0 spiro atoms. The van der Waals surface area contributed by atoms with Crippen LogP contribution in [0.25, 0.3) is 0 Å². The summed E-state index contributed by atoms with van der Waals surface area (Å²) in [5, 5.41) is 9.03. The van der Waals surface area contributed by atoms with Gasteiger partial charge < -0.3 is 9.66 Å². The smallest absolute Gasteiger partial charge is 0.305 e. The lowest BCUT2D eigenvalue weighted by Crippen LogP contribution is -2.54. The Labute approximate surface area is 113 Å². The third-order valence-electron chi connectivity index (χ3n) is 2.86. The Balaban J connectivity index is 4.92. The van der Waals surface area contributed by atoms with Gasteiger partial charge in [0.1, 0.15) is 4.75 Å². The monoisotopic (exact) mass is 275 g/mol. The fraction of sp³-hybridized carbons (Fsp3) is 0.769. The highest BCUT2D eigenvalue weighted by Crippen LogP contribution is 2.26. The van der Waals surface area contributed by atoms with Crippen LogP contribution in [-0.2, 0) is 16.2 Å². The Hall–Kier alpha value is -0.520. The van der Waals surface area contributed by atoms with Crippen molar-refractivity contribution in [1.82, 2.24) is 4.72 Å². The molecule has 2 N–H and O–H groups in total. The molecule has 0 aliphatic heterocycles. The number of hydrogen-bond acceptors (Lipinski definition) is 3. The molecule has 18 heavy (non-hydrogen) atoms. The normalized spacial score (nSPS) is 16.9. The van der Waals surface area contributed by atoms with Crippen LogP contribution in [0.15, 0.2) is 12.7 Å². The quantitative estimate of drug-likeness (QED) is 0.527. The molecule has 5 heteroatoms. The zero-order valence-corrected chi connectivity index (χ0v) is 12.6. The Bertz CT molecular complexity index is 288. The summed E-state index contributed by atoms with van der Waals surface area (Å²) in [4.78, 5) is 11.0. The van der Waals surface area contributed by atoms with Crippen LogP contribution in [0.3, 0.4) is 0 Å². The second-order valence-electron chi connectivity index (χ2n) is 5.51. The second kappa shape index (κ2) is 7.16. The Morgan fingerprint density at radius 1 is 1.50 bits per heavy atom. The number of hydrogen-bond donors (Lipinski definition) is 2. The number of allylic oxidation sites excluding steroid dienone is 1. The van der Waals surface area contributed by atoms with Crippen molar-refractivity contribution >= 4 is 17.3 Å². The van der Waals surface area contributed by atoms with Gasteiger partial charge in [0.25, 0.3) is 0 Å². The fourth-order valence-electron chi connectivity index (χ4n) is 1.57. The number of aliphatic carboxylic acids is 1. The van der Waals surface area contributed by atoms with Crippen LogP contribution in [0.4, 0.5) is 0 Å². The van der Waals surface area contributed by atoms with Crippen molar-refractivity contribution < 1.29 is 14.5 Å². The van der Waals surface area contributed by atoms with Crippen molar-refractivity contribution in [3.05, 3.63) is 12.7 Å². The molecule has 0 aromatic carbocycles. The molecule has 0 aromatic rings. The summed E-state index contributed by atoms with van der Waals surface area (Å²) in [5.41, 5.74) is -0.627. The first-order valence-corrected chi connectivity index (χ1v) is 7.34. The number of carboxylic acids is 1. The lowest BCUT2D eigenvalue weighted by atomic mass is 9.88. The molecule has 106 valence electrons. The Morgan fingerprint density at radius 2 is 2.06 bits per heavy atom. The zero-order chi connectivity index (χ0) is 14.4. The molecule has 2 atom stereocenters. The van der Waals surface area contributed by atoms with Crippen molar-refractivity contribution in [2.24, 2.45) is 0 Å². The molecular formula is C13H25NO3S. The van der Waals surface area contributed by atoms with E-state index in [1.807, 2.05) is 27.7 Å². The van der Waals surface area contributed by atoms with Gasteiger partial charge >= 0.3 is 5.97 Å². The lowest BCUT2D eigenvalue weighted by Gasteiger charge is -2.36. The van der Waals surface area contributed by atoms with Gasteiger partial charge in [0.15, 0.2) is 0 Å². The minimum Gasteiger partial charge on any atom is -0.598 e. The highest BCUT2D eigenvalue weighted by atomic mass is 32.2. The molecule has 0 radical (unpaired) electrons. The van der Waals surface area contributed by atoms with Gasteiger partial charge in [0.2, 0.25) is 0 Å². The topological polar surface area (TPSA) is 72.4 Å². The van der Waals surface area contributed by atoms with Gasteiger partial charge in [-0.2, -0.15) is 0 Å². The molecule has 0 unspecified atom stereocenters. The predicted octanol–water partition coefficient (Wildman–Crippen LogP) is 2.63. The minimum absolute atomic E-state index is 0.0286. The van der Waals surface area contributed by atoms with Crippen LogP contribution in [0.2, 0.25) is 0 Å². The summed E-state index contributed by atoms with van der Waals surface area (Å²) in [6.07, 6.45) is 3.68. The van der Waals surface area contributed by atoms with Crippen LogP contribution in [0.1, 0.15) is 53.4 Å². The average molecular weight is 275 g/mol. The third kappa shape index (κ3) is 5.89. The summed E-state index contributed by atoms with van der Waals surface area (Å²) in [6.45, 7) is 11.2. The van der Waals surface area contributed by atoms with Crippen LogP contribution >= 0.6 is 0 Å². The Kier molecular flexibility index (Phi) is 6.96. The molecule has 0 aromatic heterocycles. The van der Waals surface area contributed by atoms with E-state index in [9.17, 15) is 9.35 Å². The summed E-state index contributed by atoms with van der Waals surface area (Å²) >= 11 is -1.27. The Morgan fingerprint density at radius 3 is 2.39 bits per heavy atom. The average Bonchev–Trinajstić information content (AvgIpc) is 2.23. The number of carbonyl (C=O) groups is 1. The van der Waals surface area contributed by atoms with Gasteiger partial charge in [-0.1, -0.05) is 13.0 Å². The first kappa shape index (κ1) is 17.5. The third-order valence-corrected chi connectivity index (χ3v) is 4.59. The van der Waals surface area contributed by atoms with E-state index in [1.54, 1.807) is 6.08 Å². The first-order valence-electron chi connectivity index (χ1n) is 6.19. The molecule has 0 fully saturated rings. The number of rotatable bonds is 8. The van der Waals surface area contributed by atoms with Crippen LogP contribution in [-0.4, -0.2) is 25.9 Å². The van der Waals surface area contributed by atoms with E-state index in [-0.39, 0.29) is 6.42 Å². The molecule has 0 heterocycles. The highest BCUT2D eigenvalue weighted by Gasteiger charge is 2.39. The molecule has 0 saturated carbocycles. The standard InChI is InChI=1S/C13H25NO3S/c1-6-8-9-13(7-2,10-11(15)16)14-18(17)12(3,4)5/h6,14H,1,7-10H2,2-5H3,(H,15,16)/t13-,18-/m1/s1. The summed E-state index contributed by atoms with van der Waals surface area (Å²) in [6, 6.07) is 0. The van der Waals surface area contributed by atoms with Crippen molar-refractivity contribution in [3.8, 4) is 0 Å². The van der Waals surface area contributed by atoms with Crippen molar-refractivity contribution in [2.45, 2.75) is 63.7 Å². The van der Waals surface area contributed by atoms with E-state index < -0.39 is 27.6 Å². The van der Waals surface area contributed by atoms with E-state index in [0.29, 0.717) is 19.3 Å². The number of carboxylic acid groups (broad SMARTS) is 1. The van der Waals surface area contributed by atoms with E-state index in [2.05, 4.69) is 11.3 Å². The summed E-state index contributed by atoms with van der Waals surface area (Å²) in [7, 11) is 0. The van der Waals surface area contributed by atoms with Gasteiger partial charge in [-0.3, -0.25) is 4.79 Å². The van der Waals surface area contributed by atoms with Crippen LogP contribution in [0, 0.1) is 0 Å².